The lowest BCUT2D eigenvalue weighted by molar-refractivity contribution is -0.275. The van der Waals surface area contributed by atoms with E-state index in [2.05, 4.69) is 10.2 Å². The van der Waals surface area contributed by atoms with Gasteiger partial charge in [0.05, 0.1) is 6.61 Å². The highest BCUT2D eigenvalue weighted by atomic mass is 16.8. The van der Waals surface area contributed by atoms with Crippen LogP contribution in [0.5, 0.6) is 0 Å². The number of hydrogen-bond acceptors (Lipinski definition) is 6. The van der Waals surface area contributed by atoms with Crippen LogP contribution >= 0.6 is 0 Å². The molecule has 21 heavy (non-hydrogen) atoms. The summed E-state index contributed by atoms with van der Waals surface area (Å²) in [4.78, 5) is 14.6. The summed E-state index contributed by atoms with van der Waals surface area (Å²) >= 11 is 0. The van der Waals surface area contributed by atoms with Gasteiger partial charge in [-0.2, -0.15) is 0 Å². The van der Waals surface area contributed by atoms with Crippen molar-refractivity contribution in [3.05, 3.63) is 11.4 Å². The third kappa shape index (κ3) is 2.88. The fraction of sp³-hybridized carbons (Fsp3) is 0.846. The molecule has 0 saturated carbocycles. The molecule has 0 radical (unpaired) electrons. The Kier molecular flexibility index (Phi) is 4.24. The minimum Gasteiger partial charge on any atom is -0.393 e. The van der Waals surface area contributed by atoms with Crippen LogP contribution in [0, 0.1) is 6.57 Å². The number of hydrogen-bond donors (Lipinski definition) is 3. The zero-order valence-corrected chi connectivity index (χ0v) is 12.2. The highest BCUT2D eigenvalue weighted by Crippen LogP contribution is 2.42. The van der Waals surface area contributed by atoms with Gasteiger partial charge in [0.2, 0.25) is 12.5 Å². The van der Waals surface area contributed by atoms with E-state index >= 15 is 0 Å². The van der Waals surface area contributed by atoms with Crippen LogP contribution in [0.15, 0.2) is 0 Å². The standard InChI is InChI=1S/C13H20N2O6/c1-7(17)15-8-9-10(20-12(2,3)19-9)13(6-16,5-14-4)21-11(8)18/h8-11,16,18H,5-6H2,1-3H3,(H,15,17)/t8-,9+,10+,11?,13+/m0/s1. The average Bonchev–Trinajstić information content (AvgIpc) is 2.70. The molecule has 0 spiro atoms. The minimum absolute atomic E-state index is 0.187. The zero-order chi connectivity index (χ0) is 15.8. The van der Waals surface area contributed by atoms with Gasteiger partial charge in [-0.1, -0.05) is 0 Å². The van der Waals surface area contributed by atoms with Crippen molar-refractivity contribution in [3.63, 3.8) is 0 Å². The quantitative estimate of drug-likeness (QED) is 0.579. The molecule has 0 aromatic heterocycles. The second-order valence-electron chi connectivity index (χ2n) is 5.79. The van der Waals surface area contributed by atoms with Crippen molar-refractivity contribution in [1.29, 1.82) is 0 Å². The molecule has 3 N–H and O–H groups in total. The first-order chi connectivity index (χ1) is 9.74. The molecule has 1 unspecified atom stereocenters. The molecule has 8 nitrogen and oxygen atoms in total. The van der Waals surface area contributed by atoms with E-state index < -0.39 is 42.5 Å². The average molecular weight is 300 g/mol. The van der Waals surface area contributed by atoms with Crippen LogP contribution in [0.2, 0.25) is 0 Å². The lowest BCUT2D eigenvalue weighted by Crippen LogP contribution is -2.69. The van der Waals surface area contributed by atoms with Gasteiger partial charge in [-0.25, -0.2) is 6.57 Å². The first kappa shape index (κ1) is 16.1. The monoisotopic (exact) mass is 300 g/mol. The Bertz CT molecular complexity index is 462. The number of aliphatic hydroxyl groups excluding tert-OH is 2. The van der Waals surface area contributed by atoms with E-state index in [1.165, 1.54) is 6.92 Å². The number of ether oxygens (including phenoxy) is 3. The summed E-state index contributed by atoms with van der Waals surface area (Å²) in [7, 11) is 0. The summed E-state index contributed by atoms with van der Waals surface area (Å²) in [5.41, 5.74) is -1.38. The molecule has 8 heteroatoms. The van der Waals surface area contributed by atoms with Gasteiger partial charge in [0, 0.05) is 6.92 Å². The lowest BCUT2D eigenvalue weighted by atomic mass is 9.86. The largest absolute Gasteiger partial charge is 0.393 e. The van der Waals surface area contributed by atoms with Crippen LogP contribution < -0.4 is 5.32 Å². The van der Waals surface area contributed by atoms with E-state index in [9.17, 15) is 15.0 Å². The molecule has 2 fully saturated rings. The van der Waals surface area contributed by atoms with Crippen LogP contribution in [-0.2, 0) is 19.0 Å². The van der Waals surface area contributed by atoms with E-state index in [-0.39, 0.29) is 12.5 Å². The second kappa shape index (κ2) is 5.51. The van der Waals surface area contributed by atoms with Gasteiger partial charge in [-0.05, 0) is 13.8 Å². The lowest BCUT2D eigenvalue weighted by Gasteiger charge is -2.44. The number of rotatable bonds is 3. The minimum atomic E-state index is -1.40. The molecule has 0 aliphatic carbocycles. The summed E-state index contributed by atoms with van der Waals surface area (Å²) in [6.45, 7) is 11.0. The molecular formula is C13H20N2O6. The maximum atomic E-state index is 11.3. The number of amides is 1. The molecule has 2 heterocycles. The van der Waals surface area contributed by atoms with Crippen molar-refractivity contribution in [2.45, 2.75) is 56.7 Å². The van der Waals surface area contributed by atoms with Crippen molar-refractivity contribution >= 4 is 5.91 Å². The van der Waals surface area contributed by atoms with Crippen LogP contribution in [0.3, 0.4) is 0 Å². The maximum Gasteiger partial charge on any atom is 0.248 e. The molecule has 0 aromatic carbocycles. The molecule has 118 valence electrons. The molecule has 2 aliphatic rings. The molecule has 0 aromatic rings. The highest BCUT2D eigenvalue weighted by Gasteiger charge is 2.63. The number of nitrogens with zero attached hydrogens (tertiary/aromatic N) is 1. The van der Waals surface area contributed by atoms with Gasteiger partial charge in [-0.3, -0.25) is 4.79 Å². The summed E-state index contributed by atoms with van der Waals surface area (Å²) < 4.78 is 17.0. The van der Waals surface area contributed by atoms with Crippen LogP contribution in [0.25, 0.3) is 4.85 Å². The number of fused-ring (bicyclic) bond motifs is 1. The van der Waals surface area contributed by atoms with Crippen LogP contribution in [0.1, 0.15) is 20.8 Å². The van der Waals surface area contributed by atoms with Gasteiger partial charge in [-0.15, -0.1) is 0 Å². The predicted molar refractivity (Wildman–Crippen MR) is 69.8 cm³/mol. The number of aliphatic hydroxyl groups is 2. The van der Waals surface area contributed by atoms with E-state index in [0.29, 0.717) is 0 Å². The maximum absolute atomic E-state index is 11.3. The Hall–Kier alpha value is -1.24. The van der Waals surface area contributed by atoms with Crippen molar-refractivity contribution in [1.82, 2.24) is 5.32 Å². The number of carbonyl (C=O) groups is 1. The summed E-state index contributed by atoms with van der Waals surface area (Å²) in [5, 5.41) is 22.4. The van der Waals surface area contributed by atoms with E-state index in [1.54, 1.807) is 13.8 Å². The third-order valence-electron chi connectivity index (χ3n) is 3.65. The van der Waals surface area contributed by atoms with Crippen LogP contribution in [-0.4, -0.2) is 65.2 Å². The van der Waals surface area contributed by atoms with Crippen LogP contribution in [0.4, 0.5) is 0 Å². The molecule has 0 bridgehead atoms. The van der Waals surface area contributed by atoms with Crippen molar-refractivity contribution in [2.24, 2.45) is 0 Å². The van der Waals surface area contributed by atoms with E-state index in [1.807, 2.05) is 0 Å². The molecule has 2 rings (SSSR count). The Morgan fingerprint density at radius 1 is 1.38 bits per heavy atom. The fourth-order valence-corrected chi connectivity index (χ4v) is 2.83. The number of nitrogens with one attached hydrogen (secondary N) is 1. The normalized spacial score (nSPS) is 41.1. The topological polar surface area (TPSA) is 102 Å². The second-order valence-corrected chi connectivity index (χ2v) is 5.79. The summed E-state index contributed by atoms with van der Waals surface area (Å²) in [6, 6.07) is -0.834. The Morgan fingerprint density at radius 3 is 2.57 bits per heavy atom. The van der Waals surface area contributed by atoms with Gasteiger partial charge < -0.3 is 34.6 Å². The fourth-order valence-electron chi connectivity index (χ4n) is 2.83. The van der Waals surface area contributed by atoms with Gasteiger partial charge in [0.1, 0.15) is 18.2 Å². The van der Waals surface area contributed by atoms with E-state index in [0.717, 1.165) is 0 Å². The van der Waals surface area contributed by atoms with E-state index in [4.69, 9.17) is 20.8 Å². The van der Waals surface area contributed by atoms with Crippen molar-refractivity contribution in [3.8, 4) is 0 Å². The number of carbonyl (C=O) groups excluding carboxylic acids is 1. The summed E-state index contributed by atoms with van der Waals surface area (Å²) in [6.07, 6.45) is -2.89. The summed E-state index contributed by atoms with van der Waals surface area (Å²) in [5.74, 6) is -1.32. The highest BCUT2D eigenvalue weighted by molar-refractivity contribution is 5.73. The van der Waals surface area contributed by atoms with Gasteiger partial charge >= 0.3 is 0 Å². The third-order valence-corrected chi connectivity index (χ3v) is 3.65. The predicted octanol–water partition coefficient (Wildman–Crippen LogP) is -0.990. The molecule has 5 atom stereocenters. The Labute approximate surface area is 122 Å². The molecule has 1 amide bonds. The SMILES string of the molecule is [C-]#[N+]C[C@]1(CO)OC(O)[C@@H](NC(C)=O)[C@H]2OC(C)(C)O[C@H]21. The molecule has 2 saturated heterocycles. The van der Waals surface area contributed by atoms with Crippen molar-refractivity contribution < 1.29 is 29.2 Å². The van der Waals surface area contributed by atoms with Gasteiger partial charge in [0.25, 0.3) is 0 Å². The molecular weight excluding hydrogens is 280 g/mol. The Balaban J connectivity index is 2.36. The molecule has 2 aliphatic heterocycles. The first-order valence-corrected chi connectivity index (χ1v) is 6.67. The Morgan fingerprint density at radius 2 is 2.05 bits per heavy atom. The van der Waals surface area contributed by atoms with Crippen molar-refractivity contribution in [2.75, 3.05) is 13.2 Å². The smallest absolute Gasteiger partial charge is 0.248 e. The zero-order valence-electron chi connectivity index (χ0n) is 12.2. The first-order valence-electron chi connectivity index (χ1n) is 6.67. The van der Waals surface area contributed by atoms with Gasteiger partial charge in [0.15, 0.2) is 17.7 Å².